The SMILES string of the molecule is FC(COCCl)COCc1ccccc1. The summed E-state index contributed by atoms with van der Waals surface area (Å²) < 4.78 is 22.9. The van der Waals surface area contributed by atoms with Gasteiger partial charge in [-0.25, -0.2) is 4.39 Å². The van der Waals surface area contributed by atoms with E-state index in [2.05, 4.69) is 0 Å². The van der Waals surface area contributed by atoms with Gasteiger partial charge in [0.25, 0.3) is 0 Å². The molecule has 1 unspecified atom stereocenters. The summed E-state index contributed by atoms with van der Waals surface area (Å²) in [5.41, 5.74) is 1.03. The first-order valence-corrected chi connectivity index (χ1v) is 5.26. The summed E-state index contributed by atoms with van der Waals surface area (Å²) in [5.74, 6) is 0. The lowest BCUT2D eigenvalue weighted by Crippen LogP contribution is -2.16. The van der Waals surface area contributed by atoms with E-state index in [0.717, 1.165) is 5.56 Å². The lowest BCUT2D eigenvalue weighted by molar-refractivity contribution is 0.0267. The van der Waals surface area contributed by atoms with Crippen LogP contribution in [0.5, 0.6) is 0 Å². The molecule has 0 aliphatic rings. The second-order valence-electron chi connectivity index (χ2n) is 3.08. The van der Waals surface area contributed by atoms with Gasteiger partial charge in [-0.15, -0.1) is 0 Å². The molecular weight excluding hydrogens is 219 g/mol. The van der Waals surface area contributed by atoms with Crippen LogP contribution in [0.4, 0.5) is 4.39 Å². The number of hydrogen-bond acceptors (Lipinski definition) is 2. The summed E-state index contributed by atoms with van der Waals surface area (Å²) in [6, 6.07) is 9.64. The van der Waals surface area contributed by atoms with Crippen LogP contribution in [0, 0.1) is 0 Å². The van der Waals surface area contributed by atoms with Crippen molar-refractivity contribution >= 4 is 11.6 Å². The van der Waals surface area contributed by atoms with E-state index in [9.17, 15) is 4.39 Å². The molecule has 0 saturated heterocycles. The third kappa shape index (κ3) is 5.72. The Morgan fingerprint density at radius 1 is 1.13 bits per heavy atom. The maximum absolute atomic E-state index is 13.0. The molecule has 0 amide bonds. The van der Waals surface area contributed by atoms with Crippen molar-refractivity contribution in [2.45, 2.75) is 12.8 Å². The monoisotopic (exact) mass is 232 g/mol. The van der Waals surface area contributed by atoms with E-state index in [0.29, 0.717) is 6.61 Å². The molecule has 0 spiro atoms. The van der Waals surface area contributed by atoms with Gasteiger partial charge in [0.2, 0.25) is 0 Å². The lowest BCUT2D eigenvalue weighted by atomic mass is 10.2. The average molecular weight is 233 g/mol. The largest absolute Gasteiger partial charge is 0.374 e. The number of ether oxygens (including phenoxy) is 2. The van der Waals surface area contributed by atoms with E-state index in [1.807, 2.05) is 30.3 Å². The van der Waals surface area contributed by atoms with Gasteiger partial charge in [0.1, 0.15) is 12.2 Å². The van der Waals surface area contributed by atoms with Gasteiger partial charge in [0.15, 0.2) is 0 Å². The number of hydrogen-bond donors (Lipinski definition) is 0. The summed E-state index contributed by atoms with van der Waals surface area (Å²) >= 11 is 5.25. The van der Waals surface area contributed by atoms with Crippen LogP contribution in [0.15, 0.2) is 30.3 Å². The normalized spacial score (nSPS) is 12.7. The van der Waals surface area contributed by atoms with Gasteiger partial charge in [-0.05, 0) is 5.56 Å². The Bertz CT molecular complexity index is 256. The number of rotatable bonds is 7. The van der Waals surface area contributed by atoms with Crippen LogP contribution < -0.4 is 0 Å². The Morgan fingerprint density at radius 3 is 2.47 bits per heavy atom. The van der Waals surface area contributed by atoms with Crippen molar-refractivity contribution < 1.29 is 13.9 Å². The second-order valence-corrected chi connectivity index (χ2v) is 3.30. The third-order valence-corrected chi connectivity index (χ3v) is 1.94. The molecule has 1 aromatic carbocycles. The van der Waals surface area contributed by atoms with E-state index in [1.54, 1.807) is 0 Å². The van der Waals surface area contributed by atoms with Crippen LogP contribution in [-0.2, 0) is 16.1 Å². The summed E-state index contributed by atoms with van der Waals surface area (Å²) in [6.07, 6.45) is -1.12. The highest BCUT2D eigenvalue weighted by atomic mass is 35.5. The summed E-state index contributed by atoms with van der Waals surface area (Å²) in [6.45, 7) is 0.437. The fraction of sp³-hybridized carbons (Fsp3) is 0.455. The van der Waals surface area contributed by atoms with Gasteiger partial charge < -0.3 is 9.47 Å². The molecule has 2 nitrogen and oxygen atoms in total. The summed E-state index contributed by atoms with van der Waals surface area (Å²) in [5, 5.41) is 0. The molecule has 15 heavy (non-hydrogen) atoms. The molecule has 84 valence electrons. The zero-order valence-corrected chi connectivity index (χ0v) is 9.12. The van der Waals surface area contributed by atoms with Gasteiger partial charge in [-0.3, -0.25) is 0 Å². The zero-order valence-electron chi connectivity index (χ0n) is 8.36. The van der Waals surface area contributed by atoms with Gasteiger partial charge in [0.05, 0.1) is 19.8 Å². The molecule has 1 atom stereocenters. The molecule has 0 fully saturated rings. The smallest absolute Gasteiger partial charge is 0.147 e. The standard InChI is InChI=1S/C11H14ClFO2/c12-9-15-8-11(13)7-14-6-10-4-2-1-3-5-10/h1-5,11H,6-9H2. The average Bonchev–Trinajstić information content (AvgIpc) is 2.28. The molecule has 1 aromatic rings. The first kappa shape index (κ1) is 12.4. The van der Waals surface area contributed by atoms with E-state index in [4.69, 9.17) is 21.1 Å². The van der Waals surface area contributed by atoms with Crippen molar-refractivity contribution in [1.82, 2.24) is 0 Å². The maximum Gasteiger partial charge on any atom is 0.147 e. The highest BCUT2D eigenvalue weighted by Gasteiger charge is 2.06. The first-order chi connectivity index (χ1) is 7.33. The van der Waals surface area contributed by atoms with Crippen LogP contribution in [0.1, 0.15) is 5.56 Å². The molecule has 0 aliphatic carbocycles. The molecule has 0 bridgehead atoms. The highest BCUT2D eigenvalue weighted by molar-refractivity contribution is 6.17. The minimum absolute atomic E-state index is 0.0130. The quantitative estimate of drug-likeness (QED) is 0.673. The predicted molar refractivity (Wildman–Crippen MR) is 57.7 cm³/mol. The van der Waals surface area contributed by atoms with Gasteiger partial charge in [0, 0.05) is 0 Å². The Balaban J connectivity index is 2.11. The minimum Gasteiger partial charge on any atom is -0.374 e. The Hall–Kier alpha value is -0.640. The number of halogens is 2. The van der Waals surface area contributed by atoms with E-state index >= 15 is 0 Å². The van der Waals surface area contributed by atoms with E-state index < -0.39 is 6.17 Å². The van der Waals surface area contributed by atoms with Crippen LogP contribution in [0.25, 0.3) is 0 Å². The van der Waals surface area contributed by atoms with Crippen molar-refractivity contribution in [3.63, 3.8) is 0 Å². The minimum atomic E-state index is -1.12. The summed E-state index contributed by atoms with van der Waals surface area (Å²) in [7, 11) is 0. The fourth-order valence-corrected chi connectivity index (χ4v) is 1.19. The van der Waals surface area contributed by atoms with Crippen LogP contribution in [0.3, 0.4) is 0 Å². The molecule has 0 aliphatic heterocycles. The van der Waals surface area contributed by atoms with E-state index in [1.165, 1.54) is 0 Å². The molecule has 0 radical (unpaired) electrons. The van der Waals surface area contributed by atoms with Crippen molar-refractivity contribution in [2.75, 3.05) is 19.3 Å². The van der Waals surface area contributed by atoms with Crippen molar-refractivity contribution in [3.05, 3.63) is 35.9 Å². The van der Waals surface area contributed by atoms with Gasteiger partial charge in [-0.2, -0.15) is 0 Å². The lowest BCUT2D eigenvalue weighted by Gasteiger charge is -2.08. The predicted octanol–water partition coefficient (Wildman–Crippen LogP) is 2.75. The van der Waals surface area contributed by atoms with Crippen LogP contribution >= 0.6 is 11.6 Å². The molecular formula is C11H14ClFO2. The van der Waals surface area contributed by atoms with Gasteiger partial charge in [-0.1, -0.05) is 41.9 Å². The number of alkyl halides is 2. The van der Waals surface area contributed by atoms with E-state index in [-0.39, 0.29) is 19.3 Å². The van der Waals surface area contributed by atoms with Crippen molar-refractivity contribution in [2.24, 2.45) is 0 Å². The molecule has 0 heterocycles. The topological polar surface area (TPSA) is 18.5 Å². The molecule has 0 aromatic heterocycles. The number of benzene rings is 1. The highest BCUT2D eigenvalue weighted by Crippen LogP contribution is 2.02. The van der Waals surface area contributed by atoms with Crippen molar-refractivity contribution in [3.8, 4) is 0 Å². The fourth-order valence-electron chi connectivity index (χ4n) is 1.10. The van der Waals surface area contributed by atoms with Crippen LogP contribution in [0.2, 0.25) is 0 Å². The second kappa shape index (κ2) is 7.63. The van der Waals surface area contributed by atoms with Crippen molar-refractivity contribution in [1.29, 1.82) is 0 Å². The van der Waals surface area contributed by atoms with Crippen LogP contribution in [-0.4, -0.2) is 25.5 Å². The Labute approximate surface area is 94.0 Å². The molecule has 0 N–H and O–H groups in total. The summed E-state index contributed by atoms with van der Waals surface area (Å²) in [4.78, 5) is 0. The first-order valence-electron chi connectivity index (χ1n) is 4.72. The zero-order chi connectivity index (χ0) is 10.9. The molecule has 1 rings (SSSR count). The Kier molecular flexibility index (Phi) is 6.32. The maximum atomic E-state index is 13.0. The van der Waals surface area contributed by atoms with Gasteiger partial charge >= 0.3 is 0 Å². The molecule has 0 saturated carbocycles. The Morgan fingerprint density at radius 2 is 1.80 bits per heavy atom. The molecule has 4 heteroatoms. The third-order valence-electron chi connectivity index (χ3n) is 1.79.